The van der Waals surface area contributed by atoms with Gasteiger partial charge in [-0.3, -0.25) is 14.5 Å². The Labute approximate surface area is 182 Å². The number of nitriles is 1. The molecule has 0 spiro atoms. The number of carbonyl (C=O) groups excluding carboxylic acids is 2. The third-order valence-electron chi connectivity index (χ3n) is 3.94. The second-order valence-corrected chi connectivity index (χ2v) is 7.30. The fourth-order valence-corrected chi connectivity index (χ4v) is 3.66. The summed E-state index contributed by atoms with van der Waals surface area (Å²) < 4.78 is 10.4. The number of amidine groups is 1. The number of nitrogens with zero attached hydrogens (tertiary/aromatic N) is 3. The standard InChI is InChI=1S/C20H17ClN4O4S/c1-28-17-6-5-13(10-15(17)21)25-19(27)16(11-14-4-2-9-29-14)24-20(25)30-12-18(26)23-8-3-7-22/h2,4-6,9-11H,3,8,12H2,1H3,(H,23,26)/b16-11-. The van der Waals surface area contributed by atoms with Crippen molar-refractivity contribution in [3.05, 3.63) is 53.1 Å². The molecule has 1 aromatic heterocycles. The molecule has 10 heteroatoms. The van der Waals surface area contributed by atoms with Gasteiger partial charge >= 0.3 is 0 Å². The first-order chi connectivity index (χ1) is 14.5. The Morgan fingerprint density at radius 1 is 1.47 bits per heavy atom. The summed E-state index contributed by atoms with van der Waals surface area (Å²) in [7, 11) is 1.50. The number of aliphatic imine (C=N–C) groups is 1. The highest BCUT2D eigenvalue weighted by molar-refractivity contribution is 8.14. The summed E-state index contributed by atoms with van der Waals surface area (Å²) in [6.45, 7) is 0.267. The van der Waals surface area contributed by atoms with Gasteiger partial charge in [0.05, 0.1) is 42.3 Å². The average molecular weight is 445 g/mol. The molecule has 1 aliphatic heterocycles. The highest BCUT2D eigenvalue weighted by Gasteiger charge is 2.33. The predicted octanol–water partition coefficient (Wildman–Crippen LogP) is 3.45. The zero-order valence-corrected chi connectivity index (χ0v) is 17.5. The van der Waals surface area contributed by atoms with Gasteiger partial charge in [-0.2, -0.15) is 5.26 Å². The molecule has 2 amide bonds. The van der Waals surface area contributed by atoms with Crippen LogP contribution in [0.5, 0.6) is 5.75 Å². The minimum Gasteiger partial charge on any atom is -0.495 e. The lowest BCUT2D eigenvalue weighted by Gasteiger charge is -2.18. The summed E-state index contributed by atoms with van der Waals surface area (Å²) in [6.07, 6.45) is 3.25. The van der Waals surface area contributed by atoms with Gasteiger partial charge in [0.15, 0.2) is 5.17 Å². The summed E-state index contributed by atoms with van der Waals surface area (Å²) in [5.41, 5.74) is 0.661. The van der Waals surface area contributed by atoms with Gasteiger partial charge in [0, 0.05) is 12.6 Å². The third-order valence-corrected chi connectivity index (χ3v) is 5.17. The molecule has 0 bridgehead atoms. The third kappa shape index (κ3) is 5.03. The Morgan fingerprint density at radius 3 is 2.97 bits per heavy atom. The van der Waals surface area contributed by atoms with Crippen LogP contribution in [0.2, 0.25) is 5.02 Å². The van der Waals surface area contributed by atoms with E-state index in [9.17, 15) is 9.59 Å². The molecule has 1 aliphatic rings. The van der Waals surface area contributed by atoms with Gasteiger partial charge in [-0.05, 0) is 30.3 Å². The van der Waals surface area contributed by atoms with E-state index >= 15 is 0 Å². The van der Waals surface area contributed by atoms with Gasteiger partial charge < -0.3 is 14.5 Å². The maximum atomic E-state index is 13.0. The van der Waals surface area contributed by atoms with E-state index in [0.29, 0.717) is 27.4 Å². The lowest BCUT2D eigenvalue weighted by atomic mass is 10.2. The molecular formula is C20H17ClN4O4S. The maximum absolute atomic E-state index is 13.0. The number of methoxy groups -OCH3 is 1. The summed E-state index contributed by atoms with van der Waals surface area (Å²) in [4.78, 5) is 30.8. The molecule has 0 atom stereocenters. The minimum atomic E-state index is -0.375. The summed E-state index contributed by atoms with van der Waals surface area (Å²) in [5, 5.41) is 11.9. The van der Waals surface area contributed by atoms with Crippen molar-refractivity contribution >= 4 is 52.1 Å². The molecule has 0 unspecified atom stereocenters. The van der Waals surface area contributed by atoms with Gasteiger partial charge in [-0.25, -0.2) is 4.99 Å². The molecule has 0 saturated carbocycles. The normalized spacial score (nSPS) is 14.6. The van der Waals surface area contributed by atoms with Crippen molar-refractivity contribution in [3.63, 3.8) is 0 Å². The number of ether oxygens (including phenoxy) is 1. The second kappa shape index (κ2) is 10.0. The van der Waals surface area contributed by atoms with Crippen molar-refractivity contribution in [2.45, 2.75) is 6.42 Å². The fraction of sp³-hybridized carbons (Fsp3) is 0.200. The van der Waals surface area contributed by atoms with E-state index in [2.05, 4.69) is 10.3 Å². The number of nitrogens with one attached hydrogen (secondary N) is 1. The van der Waals surface area contributed by atoms with E-state index < -0.39 is 0 Å². The van der Waals surface area contributed by atoms with Crippen LogP contribution in [0.25, 0.3) is 6.08 Å². The van der Waals surface area contributed by atoms with Gasteiger partial charge in [0.25, 0.3) is 5.91 Å². The van der Waals surface area contributed by atoms with E-state index in [4.69, 9.17) is 26.0 Å². The molecular weight excluding hydrogens is 428 g/mol. The number of hydrogen-bond acceptors (Lipinski definition) is 7. The van der Waals surface area contributed by atoms with Crippen LogP contribution in [0.15, 0.2) is 51.7 Å². The second-order valence-electron chi connectivity index (χ2n) is 5.95. The highest BCUT2D eigenvalue weighted by atomic mass is 35.5. The van der Waals surface area contributed by atoms with Crippen LogP contribution < -0.4 is 15.0 Å². The molecule has 0 saturated heterocycles. The number of carbonyl (C=O) groups is 2. The summed E-state index contributed by atoms with van der Waals surface area (Å²) in [6, 6.07) is 10.3. The molecule has 30 heavy (non-hydrogen) atoms. The van der Waals surface area contributed by atoms with E-state index in [1.54, 1.807) is 30.3 Å². The Bertz CT molecular complexity index is 1040. The van der Waals surface area contributed by atoms with Crippen LogP contribution in [0.3, 0.4) is 0 Å². The molecule has 3 rings (SSSR count). The first-order valence-corrected chi connectivity index (χ1v) is 10.2. The van der Waals surface area contributed by atoms with Crippen molar-refractivity contribution in [2.75, 3.05) is 24.3 Å². The Kier molecular flexibility index (Phi) is 7.17. The van der Waals surface area contributed by atoms with Crippen LogP contribution in [0.4, 0.5) is 5.69 Å². The van der Waals surface area contributed by atoms with Crippen molar-refractivity contribution in [1.29, 1.82) is 5.26 Å². The molecule has 0 aliphatic carbocycles. The quantitative estimate of drug-likeness (QED) is 0.517. The largest absolute Gasteiger partial charge is 0.495 e. The molecule has 1 N–H and O–H groups in total. The van der Waals surface area contributed by atoms with Crippen molar-refractivity contribution in [1.82, 2.24) is 5.32 Å². The maximum Gasteiger partial charge on any atom is 0.283 e. The lowest BCUT2D eigenvalue weighted by molar-refractivity contribution is -0.118. The van der Waals surface area contributed by atoms with Gasteiger partial charge in [0.1, 0.15) is 17.2 Å². The fourth-order valence-electron chi connectivity index (χ4n) is 2.56. The van der Waals surface area contributed by atoms with Crippen LogP contribution >= 0.6 is 23.4 Å². The zero-order chi connectivity index (χ0) is 21.5. The molecule has 8 nitrogen and oxygen atoms in total. The molecule has 2 heterocycles. The van der Waals surface area contributed by atoms with E-state index in [-0.39, 0.29) is 36.2 Å². The molecule has 0 radical (unpaired) electrons. The Hall–Kier alpha value is -3.22. The number of amides is 2. The molecule has 154 valence electrons. The SMILES string of the molecule is COc1ccc(N2C(=O)/C(=C/c3ccco3)N=C2SCC(=O)NCCC#N)cc1Cl. The summed E-state index contributed by atoms with van der Waals surface area (Å²) >= 11 is 7.33. The van der Waals surface area contributed by atoms with Crippen molar-refractivity contribution < 1.29 is 18.7 Å². The van der Waals surface area contributed by atoms with Crippen molar-refractivity contribution in [3.8, 4) is 11.8 Å². The van der Waals surface area contributed by atoms with Gasteiger partial charge in [0.2, 0.25) is 5.91 Å². The Balaban J connectivity index is 1.85. The van der Waals surface area contributed by atoms with Gasteiger partial charge in [-0.1, -0.05) is 23.4 Å². The van der Waals surface area contributed by atoms with Crippen LogP contribution in [0.1, 0.15) is 12.2 Å². The predicted molar refractivity (Wildman–Crippen MR) is 115 cm³/mol. The first kappa shape index (κ1) is 21.5. The number of thioether (sulfide) groups is 1. The van der Waals surface area contributed by atoms with Crippen LogP contribution in [-0.2, 0) is 9.59 Å². The monoisotopic (exact) mass is 444 g/mol. The minimum absolute atomic E-state index is 0.0337. The number of hydrogen-bond donors (Lipinski definition) is 1. The molecule has 2 aromatic rings. The lowest BCUT2D eigenvalue weighted by Crippen LogP contribution is -2.32. The number of anilines is 1. The number of benzene rings is 1. The average Bonchev–Trinajstić information content (AvgIpc) is 3.35. The molecule has 0 fully saturated rings. The number of halogens is 1. The molecule has 1 aromatic carbocycles. The summed E-state index contributed by atoms with van der Waals surface area (Å²) in [5.74, 6) is 0.352. The zero-order valence-electron chi connectivity index (χ0n) is 15.9. The number of rotatable bonds is 7. The topological polar surface area (TPSA) is 108 Å². The van der Waals surface area contributed by atoms with Crippen LogP contribution in [-0.4, -0.2) is 36.4 Å². The van der Waals surface area contributed by atoms with Crippen molar-refractivity contribution in [2.24, 2.45) is 4.99 Å². The van der Waals surface area contributed by atoms with E-state index in [0.717, 1.165) is 11.8 Å². The van der Waals surface area contributed by atoms with Gasteiger partial charge in [-0.15, -0.1) is 0 Å². The number of furan rings is 1. The van der Waals surface area contributed by atoms with E-state index in [1.807, 2.05) is 6.07 Å². The smallest absolute Gasteiger partial charge is 0.283 e. The Morgan fingerprint density at radius 2 is 2.30 bits per heavy atom. The van der Waals surface area contributed by atoms with E-state index in [1.165, 1.54) is 24.3 Å². The highest BCUT2D eigenvalue weighted by Crippen LogP contribution is 2.34. The van der Waals surface area contributed by atoms with Crippen LogP contribution in [0, 0.1) is 11.3 Å². The first-order valence-electron chi connectivity index (χ1n) is 8.82.